The molecule has 0 aliphatic heterocycles. The summed E-state index contributed by atoms with van der Waals surface area (Å²) in [6.07, 6.45) is 0. The molecule has 0 aliphatic rings. The first-order valence-corrected chi connectivity index (χ1v) is 4.92. The van der Waals surface area contributed by atoms with E-state index in [4.69, 9.17) is 11.5 Å². The summed E-state index contributed by atoms with van der Waals surface area (Å²) in [5.41, 5.74) is 12.3. The van der Waals surface area contributed by atoms with Crippen LogP contribution in [0.5, 0.6) is 0 Å². The van der Waals surface area contributed by atoms with Crippen LogP contribution >= 0.6 is 0 Å². The summed E-state index contributed by atoms with van der Waals surface area (Å²) in [5.74, 6) is -0.827. The Hall–Kier alpha value is -2.24. The molecule has 0 fully saturated rings. The number of nitrogens with two attached hydrogens (primary N) is 2. The fraction of sp³-hybridized carbons (Fsp3) is 0.273. The van der Waals surface area contributed by atoms with Gasteiger partial charge in [0.05, 0.1) is 7.11 Å². The molecule has 0 heterocycles. The molecule has 0 saturated carbocycles. The highest BCUT2D eigenvalue weighted by Gasteiger charge is 2.15. The van der Waals surface area contributed by atoms with E-state index in [1.54, 1.807) is 6.07 Å². The molecule has 0 aromatic heterocycles. The summed E-state index contributed by atoms with van der Waals surface area (Å²) in [5, 5.41) is 0. The molecule has 6 nitrogen and oxygen atoms in total. The van der Waals surface area contributed by atoms with Crippen molar-refractivity contribution in [3.63, 3.8) is 0 Å². The number of benzene rings is 1. The molecule has 0 atom stereocenters. The van der Waals surface area contributed by atoms with Gasteiger partial charge in [0.15, 0.2) is 0 Å². The van der Waals surface area contributed by atoms with Crippen molar-refractivity contribution in [3.8, 4) is 0 Å². The average Bonchev–Trinajstić information content (AvgIpc) is 2.26. The molecule has 1 amide bonds. The van der Waals surface area contributed by atoms with Gasteiger partial charge in [0, 0.05) is 24.0 Å². The summed E-state index contributed by atoms with van der Waals surface area (Å²) in [7, 11) is 2.76. The molecule has 1 rings (SSSR count). The molecule has 0 spiro atoms. The third-order valence-electron chi connectivity index (χ3n) is 2.17. The summed E-state index contributed by atoms with van der Waals surface area (Å²) < 4.78 is 4.47. The largest absolute Gasteiger partial charge is 0.468 e. The molecule has 0 unspecified atom stereocenters. The fourth-order valence-corrected chi connectivity index (χ4v) is 1.35. The van der Waals surface area contributed by atoms with Crippen LogP contribution in [-0.4, -0.2) is 37.5 Å². The lowest BCUT2D eigenvalue weighted by atomic mass is 10.1. The molecule has 6 heteroatoms. The summed E-state index contributed by atoms with van der Waals surface area (Å²) in [6, 6.07) is 4.57. The van der Waals surface area contributed by atoms with Gasteiger partial charge in [-0.15, -0.1) is 0 Å². The zero-order valence-corrected chi connectivity index (χ0v) is 9.77. The van der Waals surface area contributed by atoms with Gasteiger partial charge in [0.2, 0.25) is 0 Å². The first kappa shape index (κ1) is 12.8. The van der Waals surface area contributed by atoms with Crippen LogP contribution in [0.2, 0.25) is 0 Å². The Bertz CT molecular complexity index is 425. The molecule has 0 bridgehead atoms. The van der Waals surface area contributed by atoms with Crippen molar-refractivity contribution in [1.82, 2.24) is 4.90 Å². The molecule has 1 aromatic rings. The van der Waals surface area contributed by atoms with Crippen LogP contribution in [-0.2, 0) is 9.53 Å². The van der Waals surface area contributed by atoms with E-state index in [0.717, 1.165) is 0 Å². The number of rotatable bonds is 3. The Labute approximate surface area is 99.1 Å². The zero-order chi connectivity index (χ0) is 13.0. The van der Waals surface area contributed by atoms with Gasteiger partial charge in [-0.1, -0.05) is 0 Å². The van der Waals surface area contributed by atoms with Crippen LogP contribution in [0.1, 0.15) is 10.4 Å². The monoisotopic (exact) mass is 237 g/mol. The Morgan fingerprint density at radius 1 is 1.24 bits per heavy atom. The second-order valence-electron chi connectivity index (χ2n) is 3.63. The van der Waals surface area contributed by atoms with Gasteiger partial charge in [-0.2, -0.15) is 0 Å². The van der Waals surface area contributed by atoms with E-state index in [9.17, 15) is 9.59 Å². The first-order chi connectivity index (χ1) is 7.93. The van der Waals surface area contributed by atoms with Crippen molar-refractivity contribution >= 4 is 23.3 Å². The number of methoxy groups -OCH3 is 1. The number of carbonyl (C=O) groups excluding carboxylic acids is 2. The molecule has 92 valence electrons. The van der Waals surface area contributed by atoms with Crippen LogP contribution < -0.4 is 11.5 Å². The highest BCUT2D eigenvalue weighted by atomic mass is 16.5. The van der Waals surface area contributed by atoms with E-state index in [1.165, 1.54) is 31.2 Å². The smallest absolute Gasteiger partial charge is 0.325 e. The van der Waals surface area contributed by atoms with Gasteiger partial charge in [-0.3, -0.25) is 9.59 Å². The summed E-state index contributed by atoms with van der Waals surface area (Å²) in [6.45, 7) is -0.121. The van der Waals surface area contributed by atoms with Crippen LogP contribution in [0.25, 0.3) is 0 Å². The minimum atomic E-state index is -0.488. The Kier molecular flexibility index (Phi) is 3.92. The molecule has 4 N–H and O–H groups in total. The number of hydrogen-bond acceptors (Lipinski definition) is 5. The maximum atomic E-state index is 11.9. The Balaban J connectivity index is 2.85. The van der Waals surface area contributed by atoms with Crippen molar-refractivity contribution in [2.45, 2.75) is 0 Å². The second-order valence-corrected chi connectivity index (χ2v) is 3.63. The Morgan fingerprint density at radius 2 is 1.76 bits per heavy atom. The van der Waals surface area contributed by atoms with E-state index in [2.05, 4.69) is 4.74 Å². The van der Waals surface area contributed by atoms with E-state index in [1.807, 2.05) is 0 Å². The van der Waals surface area contributed by atoms with Crippen LogP contribution in [0, 0.1) is 0 Å². The van der Waals surface area contributed by atoms with Crippen molar-refractivity contribution in [2.75, 3.05) is 32.2 Å². The van der Waals surface area contributed by atoms with Gasteiger partial charge >= 0.3 is 5.97 Å². The van der Waals surface area contributed by atoms with Crippen molar-refractivity contribution < 1.29 is 14.3 Å². The van der Waals surface area contributed by atoms with E-state index < -0.39 is 5.97 Å². The fourth-order valence-electron chi connectivity index (χ4n) is 1.35. The first-order valence-electron chi connectivity index (χ1n) is 4.92. The molecular formula is C11H15N3O3. The third-order valence-corrected chi connectivity index (χ3v) is 2.17. The van der Waals surface area contributed by atoms with Gasteiger partial charge in [0.25, 0.3) is 5.91 Å². The predicted molar refractivity (Wildman–Crippen MR) is 64.2 cm³/mol. The van der Waals surface area contributed by atoms with Crippen LogP contribution in [0.4, 0.5) is 11.4 Å². The van der Waals surface area contributed by atoms with Gasteiger partial charge in [-0.05, 0) is 18.2 Å². The normalized spacial score (nSPS) is 9.76. The topological polar surface area (TPSA) is 98.6 Å². The lowest BCUT2D eigenvalue weighted by Crippen LogP contribution is -2.32. The lowest BCUT2D eigenvalue weighted by molar-refractivity contribution is -0.141. The van der Waals surface area contributed by atoms with E-state index in [-0.39, 0.29) is 12.5 Å². The molecule has 1 aromatic carbocycles. The van der Waals surface area contributed by atoms with Crippen LogP contribution in [0.15, 0.2) is 18.2 Å². The molecule has 0 radical (unpaired) electrons. The second kappa shape index (κ2) is 5.20. The SMILES string of the molecule is COC(=O)CN(C)C(=O)c1cc(N)cc(N)c1. The maximum absolute atomic E-state index is 11.9. The molecule has 0 saturated heterocycles. The standard InChI is InChI=1S/C11H15N3O3/c1-14(6-10(15)17-2)11(16)7-3-8(12)5-9(13)4-7/h3-5H,6,12-13H2,1-2H3. The number of amides is 1. The molecule has 0 aliphatic carbocycles. The number of carbonyl (C=O) groups is 2. The number of hydrogen-bond donors (Lipinski definition) is 2. The van der Waals surface area contributed by atoms with Crippen LogP contribution in [0.3, 0.4) is 0 Å². The van der Waals surface area contributed by atoms with Crippen molar-refractivity contribution in [3.05, 3.63) is 23.8 Å². The number of esters is 1. The Morgan fingerprint density at radius 3 is 2.24 bits per heavy atom. The van der Waals surface area contributed by atoms with E-state index >= 15 is 0 Å². The van der Waals surface area contributed by atoms with Gasteiger partial charge in [0.1, 0.15) is 6.54 Å². The minimum absolute atomic E-state index is 0.121. The quantitative estimate of drug-likeness (QED) is 0.573. The summed E-state index contributed by atoms with van der Waals surface area (Å²) in [4.78, 5) is 24.2. The minimum Gasteiger partial charge on any atom is -0.468 e. The highest BCUT2D eigenvalue weighted by molar-refractivity contribution is 5.97. The highest BCUT2D eigenvalue weighted by Crippen LogP contribution is 2.15. The van der Waals surface area contributed by atoms with Gasteiger partial charge in [-0.25, -0.2) is 0 Å². The van der Waals surface area contributed by atoms with E-state index in [0.29, 0.717) is 16.9 Å². The zero-order valence-electron chi connectivity index (χ0n) is 9.77. The van der Waals surface area contributed by atoms with Crippen molar-refractivity contribution in [1.29, 1.82) is 0 Å². The van der Waals surface area contributed by atoms with Crippen molar-refractivity contribution in [2.24, 2.45) is 0 Å². The molecule has 17 heavy (non-hydrogen) atoms. The number of nitrogen functional groups attached to an aromatic ring is 2. The predicted octanol–water partition coefficient (Wildman–Crippen LogP) is 0.0960. The molecular weight excluding hydrogens is 222 g/mol. The number of ether oxygens (including phenoxy) is 1. The average molecular weight is 237 g/mol. The lowest BCUT2D eigenvalue weighted by Gasteiger charge is -2.16. The third kappa shape index (κ3) is 3.37. The summed E-state index contributed by atoms with van der Waals surface area (Å²) >= 11 is 0. The number of anilines is 2. The van der Waals surface area contributed by atoms with Gasteiger partial charge < -0.3 is 21.1 Å². The maximum Gasteiger partial charge on any atom is 0.325 e. The number of likely N-dealkylation sites (N-methyl/N-ethyl adjacent to an activating group) is 1. The number of nitrogens with zero attached hydrogens (tertiary/aromatic N) is 1.